The lowest BCUT2D eigenvalue weighted by atomic mass is 10.2. The first-order valence-corrected chi connectivity index (χ1v) is 10.4. The minimum absolute atomic E-state index is 0.0929. The zero-order chi connectivity index (χ0) is 21.1. The van der Waals surface area contributed by atoms with Crippen molar-refractivity contribution in [3.05, 3.63) is 97.9 Å². The van der Waals surface area contributed by atoms with Crippen LogP contribution in [0.4, 0.5) is 0 Å². The van der Waals surface area contributed by atoms with Crippen molar-refractivity contribution in [2.45, 2.75) is 13.3 Å². The SMILES string of the molecule is CCc1ccc(Oc2coc3cc(OC(=O)c4ccccc4I)ccc3c2=O)cc1. The van der Waals surface area contributed by atoms with Crippen LogP contribution in [-0.4, -0.2) is 5.97 Å². The van der Waals surface area contributed by atoms with E-state index in [4.69, 9.17) is 13.9 Å². The van der Waals surface area contributed by atoms with Crippen LogP contribution >= 0.6 is 22.6 Å². The molecule has 0 fully saturated rings. The van der Waals surface area contributed by atoms with Gasteiger partial charge in [0.1, 0.15) is 23.3 Å². The molecule has 0 unspecified atom stereocenters. The van der Waals surface area contributed by atoms with E-state index in [0.29, 0.717) is 28.0 Å². The number of ether oxygens (including phenoxy) is 2. The van der Waals surface area contributed by atoms with Crippen molar-refractivity contribution < 1.29 is 18.7 Å². The smallest absolute Gasteiger partial charge is 0.344 e. The van der Waals surface area contributed by atoms with E-state index in [2.05, 4.69) is 29.5 Å². The van der Waals surface area contributed by atoms with Crippen LogP contribution in [-0.2, 0) is 6.42 Å². The number of rotatable bonds is 5. The molecule has 0 aliphatic heterocycles. The standard InChI is InChI=1S/C24H17IO5/c1-2-15-7-9-16(10-8-15)29-22-14-28-21-13-17(11-12-19(21)23(22)26)30-24(27)18-5-3-4-6-20(18)25/h3-14H,2H2,1H3. The molecule has 4 aromatic rings. The van der Waals surface area contributed by atoms with Crippen LogP contribution in [0.15, 0.2) is 82.2 Å². The number of hydrogen-bond acceptors (Lipinski definition) is 5. The highest BCUT2D eigenvalue weighted by Crippen LogP contribution is 2.25. The Balaban J connectivity index is 1.58. The second-order valence-corrected chi connectivity index (χ2v) is 7.72. The normalized spacial score (nSPS) is 10.7. The minimum Gasteiger partial charge on any atom is -0.460 e. The number of carbonyl (C=O) groups is 1. The molecule has 30 heavy (non-hydrogen) atoms. The molecule has 5 nitrogen and oxygen atoms in total. The first-order valence-electron chi connectivity index (χ1n) is 9.34. The molecule has 150 valence electrons. The Bertz CT molecular complexity index is 1280. The van der Waals surface area contributed by atoms with Gasteiger partial charge >= 0.3 is 5.97 Å². The van der Waals surface area contributed by atoms with Crippen LogP contribution < -0.4 is 14.9 Å². The summed E-state index contributed by atoms with van der Waals surface area (Å²) >= 11 is 2.08. The van der Waals surface area contributed by atoms with E-state index in [1.807, 2.05) is 36.4 Å². The lowest BCUT2D eigenvalue weighted by molar-refractivity contribution is 0.0734. The highest BCUT2D eigenvalue weighted by molar-refractivity contribution is 14.1. The molecule has 0 aliphatic carbocycles. The Morgan fingerprint density at radius 2 is 1.73 bits per heavy atom. The lowest BCUT2D eigenvalue weighted by Gasteiger charge is -2.08. The first-order chi connectivity index (χ1) is 14.5. The summed E-state index contributed by atoms with van der Waals surface area (Å²) < 4.78 is 17.5. The quantitative estimate of drug-likeness (QED) is 0.187. The third-order valence-corrected chi connectivity index (χ3v) is 5.52. The average molecular weight is 512 g/mol. The fraction of sp³-hybridized carbons (Fsp3) is 0.0833. The molecule has 0 saturated heterocycles. The van der Waals surface area contributed by atoms with Crippen molar-refractivity contribution in [3.63, 3.8) is 0 Å². The summed E-state index contributed by atoms with van der Waals surface area (Å²) in [6.07, 6.45) is 2.19. The van der Waals surface area contributed by atoms with E-state index in [-0.39, 0.29) is 11.2 Å². The molecule has 0 saturated carbocycles. The molecule has 0 spiro atoms. The van der Waals surface area contributed by atoms with Crippen LogP contribution in [0, 0.1) is 3.57 Å². The third kappa shape index (κ3) is 4.23. The Morgan fingerprint density at radius 1 is 1.00 bits per heavy atom. The van der Waals surface area contributed by atoms with Crippen molar-refractivity contribution >= 4 is 39.5 Å². The predicted molar refractivity (Wildman–Crippen MR) is 122 cm³/mol. The molecule has 0 aliphatic rings. The van der Waals surface area contributed by atoms with Crippen LogP contribution in [0.1, 0.15) is 22.8 Å². The van der Waals surface area contributed by atoms with E-state index in [1.54, 1.807) is 24.3 Å². The number of carbonyl (C=O) groups excluding carboxylic acids is 1. The van der Waals surface area contributed by atoms with Gasteiger partial charge in [-0.25, -0.2) is 4.79 Å². The first kappa shape index (κ1) is 20.2. The summed E-state index contributed by atoms with van der Waals surface area (Å²) in [4.78, 5) is 25.2. The zero-order valence-electron chi connectivity index (χ0n) is 16.1. The van der Waals surface area contributed by atoms with Crippen molar-refractivity contribution in [2.75, 3.05) is 0 Å². The van der Waals surface area contributed by atoms with E-state index in [1.165, 1.54) is 17.9 Å². The van der Waals surface area contributed by atoms with Gasteiger partial charge in [0.05, 0.1) is 10.9 Å². The van der Waals surface area contributed by atoms with E-state index in [0.717, 1.165) is 9.99 Å². The van der Waals surface area contributed by atoms with Crippen molar-refractivity contribution in [1.29, 1.82) is 0 Å². The highest BCUT2D eigenvalue weighted by Gasteiger charge is 2.14. The van der Waals surface area contributed by atoms with Crippen LogP contribution in [0.3, 0.4) is 0 Å². The molecular formula is C24H17IO5. The monoisotopic (exact) mass is 512 g/mol. The van der Waals surface area contributed by atoms with Gasteiger partial charge in [-0.3, -0.25) is 4.79 Å². The second kappa shape index (κ2) is 8.71. The van der Waals surface area contributed by atoms with Gasteiger partial charge in [-0.2, -0.15) is 0 Å². The van der Waals surface area contributed by atoms with Gasteiger partial charge in [-0.1, -0.05) is 31.2 Å². The second-order valence-electron chi connectivity index (χ2n) is 6.56. The van der Waals surface area contributed by atoms with Crippen LogP contribution in [0.25, 0.3) is 11.0 Å². The number of fused-ring (bicyclic) bond motifs is 1. The summed E-state index contributed by atoms with van der Waals surface area (Å²) in [5.41, 5.74) is 1.66. The van der Waals surface area contributed by atoms with Crippen molar-refractivity contribution in [2.24, 2.45) is 0 Å². The van der Waals surface area contributed by atoms with E-state index in [9.17, 15) is 9.59 Å². The number of hydrogen-bond donors (Lipinski definition) is 0. The van der Waals surface area contributed by atoms with E-state index >= 15 is 0 Å². The van der Waals surface area contributed by atoms with Crippen molar-refractivity contribution in [3.8, 4) is 17.2 Å². The van der Waals surface area contributed by atoms with Crippen LogP contribution in [0.2, 0.25) is 0 Å². The number of esters is 1. The van der Waals surface area contributed by atoms with Gasteiger partial charge in [-0.15, -0.1) is 0 Å². The minimum atomic E-state index is -0.475. The maximum absolute atomic E-state index is 12.8. The van der Waals surface area contributed by atoms with Gasteiger partial charge in [0.25, 0.3) is 0 Å². The third-order valence-electron chi connectivity index (χ3n) is 4.58. The molecule has 0 radical (unpaired) electrons. The molecule has 6 heteroatoms. The number of halogens is 1. The zero-order valence-corrected chi connectivity index (χ0v) is 18.2. The highest BCUT2D eigenvalue weighted by atomic mass is 127. The number of aryl methyl sites for hydroxylation is 1. The molecular weight excluding hydrogens is 495 g/mol. The van der Waals surface area contributed by atoms with Gasteiger partial charge < -0.3 is 13.9 Å². The molecule has 0 bridgehead atoms. The number of benzene rings is 3. The Hall–Kier alpha value is -3.13. The van der Waals surface area contributed by atoms with Gasteiger partial charge in [-0.05, 0) is 71.0 Å². The predicted octanol–water partition coefficient (Wildman–Crippen LogP) is 5.97. The van der Waals surface area contributed by atoms with E-state index < -0.39 is 5.97 Å². The molecule has 0 atom stereocenters. The van der Waals surface area contributed by atoms with Gasteiger partial charge in [0, 0.05) is 9.64 Å². The fourth-order valence-corrected chi connectivity index (χ4v) is 3.54. The molecule has 1 heterocycles. The molecule has 1 aromatic heterocycles. The fourth-order valence-electron chi connectivity index (χ4n) is 2.93. The molecule has 4 rings (SSSR count). The Morgan fingerprint density at radius 3 is 2.47 bits per heavy atom. The molecule has 0 amide bonds. The Labute approximate surface area is 186 Å². The molecule has 3 aromatic carbocycles. The summed E-state index contributed by atoms with van der Waals surface area (Å²) in [5.74, 6) is 0.466. The van der Waals surface area contributed by atoms with Gasteiger partial charge in [0.15, 0.2) is 0 Å². The lowest BCUT2D eigenvalue weighted by Crippen LogP contribution is -2.10. The Kier molecular flexibility index (Phi) is 5.85. The summed E-state index contributed by atoms with van der Waals surface area (Å²) in [6.45, 7) is 2.07. The maximum atomic E-state index is 12.8. The van der Waals surface area contributed by atoms with Crippen LogP contribution in [0.5, 0.6) is 17.2 Å². The van der Waals surface area contributed by atoms with Crippen molar-refractivity contribution in [1.82, 2.24) is 0 Å². The summed E-state index contributed by atoms with van der Waals surface area (Å²) in [7, 11) is 0. The molecule has 0 N–H and O–H groups in total. The maximum Gasteiger partial charge on any atom is 0.344 e. The largest absolute Gasteiger partial charge is 0.460 e. The van der Waals surface area contributed by atoms with Gasteiger partial charge in [0.2, 0.25) is 11.2 Å². The topological polar surface area (TPSA) is 65.7 Å². The average Bonchev–Trinajstić information content (AvgIpc) is 2.76. The summed E-state index contributed by atoms with van der Waals surface area (Å²) in [5, 5.41) is 0.340. The summed E-state index contributed by atoms with van der Waals surface area (Å²) in [6, 6.07) is 19.3.